The van der Waals surface area contributed by atoms with Gasteiger partial charge < -0.3 is 10.0 Å². The van der Waals surface area contributed by atoms with Crippen LogP contribution in [0.25, 0.3) is 0 Å². The van der Waals surface area contributed by atoms with E-state index in [9.17, 15) is 35.8 Å². The van der Waals surface area contributed by atoms with E-state index in [4.69, 9.17) is 0 Å². The Morgan fingerprint density at radius 3 is 2.09 bits per heavy atom. The third-order valence-corrected chi connectivity index (χ3v) is 3.14. The van der Waals surface area contributed by atoms with Crippen LogP contribution in [0.15, 0.2) is 18.2 Å². The van der Waals surface area contributed by atoms with E-state index in [1.165, 1.54) is 19.0 Å². The second kappa shape index (κ2) is 6.31. The Kier molecular flexibility index (Phi) is 5.32. The molecule has 0 heterocycles. The fourth-order valence-electron chi connectivity index (χ4n) is 1.92. The summed E-state index contributed by atoms with van der Waals surface area (Å²) in [6, 6.07) is 2.80. The second-order valence-corrected chi connectivity index (χ2v) is 4.98. The molecule has 2 unspecified atom stereocenters. The van der Waals surface area contributed by atoms with E-state index in [1.54, 1.807) is 0 Å². The minimum absolute atomic E-state index is 0.0905. The lowest BCUT2D eigenvalue weighted by Crippen LogP contribution is -2.48. The molecule has 1 aromatic rings. The number of alkyl halides is 6. The first-order valence-electron chi connectivity index (χ1n) is 6.08. The summed E-state index contributed by atoms with van der Waals surface area (Å²) in [6.45, 7) is 0. The van der Waals surface area contributed by atoms with Gasteiger partial charge in [-0.25, -0.2) is 17.6 Å². The van der Waals surface area contributed by atoms with E-state index >= 15 is 0 Å². The number of rotatable bonds is 5. The fraction of sp³-hybridized carbons (Fsp3) is 0.538. The maximum Gasteiger partial charge on any atom is 0.428 e. The molecule has 9 heteroatoms. The fourth-order valence-corrected chi connectivity index (χ4v) is 1.92. The molecule has 0 saturated carbocycles. The number of benzene rings is 1. The van der Waals surface area contributed by atoms with E-state index in [1.807, 2.05) is 0 Å². The van der Waals surface area contributed by atoms with Gasteiger partial charge in [-0.15, -0.1) is 0 Å². The highest BCUT2D eigenvalue weighted by atomic mass is 19.4. The molecule has 0 amide bonds. The summed E-state index contributed by atoms with van der Waals surface area (Å²) in [5, 5.41) is 9.76. The summed E-state index contributed by atoms with van der Waals surface area (Å²) in [6.07, 6.45) is -14.4. The van der Waals surface area contributed by atoms with Crippen molar-refractivity contribution >= 4 is 5.69 Å². The third kappa shape index (κ3) is 3.63. The highest BCUT2D eigenvalue weighted by Crippen LogP contribution is 2.45. The molecular weight excluding hydrogens is 319 g/mol. The van der Waals surface area contributed by atoms with Gasteiger partial charge in [0.15, 0.2) is 0 Å². The lowest BCUT2D eigenvalue weighted by atomic mass is 9.92. The zero-order valence-corrected chi connectivity index (χ0v) is 11.6. The predicted octanol–water partition coefficient (Wildman–Crippen LogP) is 3.85. The second-order valence-electron chi connectivity index (χ2n) is 4.98. The number of halogens is 7. The van der Waals surface area contributed by atoms with Crippen molar-refractivity contribution < 1.29 is 35.8 Å². The van der Waals surface area contributed by atoms with Crippen LogP contribution in [0.3, 0.4) is 0 Å². The number of nitrogens with zero attached hydrogens (tertiary/aromatic N) is 1. The molecule has 0 spiro atoms. The summed E-state index contributed by atoms with van der Waals surface area (Å²) < 4.78 is 89.4. The third-order valence-electron chi connectivity index (χ3n) is 3.14. The minimum Gasteiger partial charge on any atom is -0.388 e. The van der Waals surface area contributed by atoms with Gasteiger partial charge in [-0.05, 0) is 18.2 Å². The number of aliphatic hydroxyl groups is 1. The molecule has 22 heavy (non-hydrogen) atoms. The van der Waals surface area contributed by atoms with Crippen LogP contribution in [0.1, 0.15) is 18.1 Å². The van der Waals surface area contributed by atoms with E-state index in [0.29, 0.717) is 6.07 Å². The van der Waals surface area contributed by atoms with Crippen LogP contribution in [0, 0.1) is 5.82 Å². The molecule has 0 radical (unpaired) electrons. The Morgan fingerprint density at radius 1 is 1.14 bits per heavy atom. The molecule has 0 aliphatic rings. The number of hydrogen-bond acceptors (Lipinski definition) is 2. The average Bonchev–Trinajstić information content (AvgIpc) is 2.36. The van der Waals surface area contributed by atoms with E-state index in [0.717, 1.165) is 12.1 Å². The molecular formula is C13H14F7NO. The van der Waals surface area contributed by atoms with Gasteiger partial charge in [0.25, 0.3) is 12.1 Å². The van der Waals surface area contributed by atoms with Gasteiger partial charge >= 0.3 is 6.18 Å². The normalized spacial score (nSPS) is 16.5. The van der Waals surface area contributed by atoms with Gasteiger partial charge in [0, 0.05) is 31.8 Å². The molecule has 126 valence electrons. The van der Waals surface area contributed by atoms with Crippen molar-refractivity contribution in [3.8, 4) is 0 Å². The van der Waals surface area contributed by atoms with Crippen LogP contribution < -0.4 is 4.90 Å². The summed E-state index contributed by atoms with van der Waals surface area (Å²) in [5.41, 5.74) is -5.20. The molecule has 1 N–H and O–H groups in total. The number of hydrogen-bond donors (Lipinski definition) is 1. The van der Waals surface area contributed by atoms with Crippen LogP contribution in [0.5, 0.6) is 0 Å². The van der Waals surface area contributed by atoms with Crippen molar-refractivity contribution in [1.82, 2.24) is 0 Å². The van der Waals surface area contributed by atoms with Gasteiger partial charge in [-0.3, -0.25) is 0 Å². The van der Waals surface area contributed by atoms with Crippen LogP contribution in [-0.4, -0.2) is 37.5 Å². The van der Waals surface area contributed by atoms with Crippen molar-refractivity contribution in [2.24, 2.45) is 0 Å². The highest BCUT2D eigenvalue weighted by Gasteiger charge is 2.63. The Labute approximate surface area is 122 Å². The lowest BCUT2D eigenvalue weighted by molar-refractivity contribution is -0.276. The first kappa shape index (κ1) is 18.5. The first-order valence-corrected chi connectivity index (χ1v) is 6.08. The summed E-state index contributed by atoms with van der Waals surface area (Å²) in [5.74, 6) is -0.895. The molecule has 0 fully saturated rings. The van der Waals surface area contributed by atoms with Gasteiger partial charge in [0.05, 0.1) is 6.10 Å². The van der Waals surface area contributed by atoms with E-state index in [2.05, 4.69) is 0 Å². The van der Waals surface area contributed by atoms with Crippen LogP contribution >= 0.6 is 0 Å². The molecule has 0 bridgehead atoms. The Bertz CT molecular complexity index is 518. The quantitative estimate of drug-likeness (QED) is 0.828. The molecule has 0 aromatic heterocycles. The minimum atomic E-state index is -5.87. The number of aliphatic hydroxyl groups excluding tert-OH is 1. The average molecular weight is 333 g/mol. The smallest absolute Gasteiger partial charge is 0.388 e. The SMILES string of the molecule is CN(C)c1ccc(F)cc1C(O)CC(F)(C(F)F)C(F)(F)F. The van der Waals surface area contributed by atoms with Crippen molar-refractivity contribution in [3.63, 3.8) is 0 Å². The molecule has 0 saturated heterocycles. The van der Waals surface area contributed by atoms with Gasteiger partial charge in [0.2, 0.25) is 0 Å². The number of anilines is 1. The molecule has 1 aromatic carbocycles. The Balaban J connectivity index is 3.21. The molecule has 0 aliphatic heterocycles. The maximum atomic E-state index is 13.6. The Hall–Kier alpha value is -1.51. The van der Waals surface area contributed by atoms with Crippen molar-refractivity contribution in [2.45, 2.75) is 30.8 Å². The molecule has 2 nitrogen and oxygen atoms in total. The first-order chi connectivity index (χ1) is 9.90. The summed E-state index contributed by atoms with van der Waals surface area (Å²) in [4.78, 5) is 1.33. The molecule has 0 aliphatic carbocycles. The topological polar surface area (TPSA) is 23.5 Å². The zero-order chi connectivity index (χ0) is 17.3. The predicted molar refractivity (Wildman–Crippen MR) is 66.2 cm³/mol. The monoisotopic (exact) mass is 333 g/mol. The maximum absolute atomic E-state index is 13.6. The van der Waals surface area contributed by atoms with Crippen molar-refractivity contribution in [1.29, 1.82) is 0 Å². The van der Waals surface area contributed by atoms with Crippen LogP contribution in [0.2, 0.25) is 0 Å². The van der Waals surface area contributed by atoms with Crippen molar-refractivity contribution in [3.05, 3.63) is 29.6 Å². The standard InChI is InChI=1S/C13H14F7NO/c1-21(2)9-4-3-7(14)5-8(9)10(22)6-12(17,11(15)16)13(18,19)20/h3-5,10-11,22H,6H2,1-2H3. The Morgan fingerprint density at radius 2 is 1.68 bits per heavy atom. The van der Waals surface area contributed by atoms with Gasteiger partial charge in [-0.1, -0.05) is 0 Å². The molecule has 1 rings (SSSR count). The van der Waals surface area contributed by atoms with Gasteiger partial charge in [0.1, 0.15) is 5.82 Å². The van der Waals surface area contributed by atoms with Crippen LogP contribution in [0.4, 0.5) is 36.4 Å². The van der Waals surface area contributed by atoms with Crippen LogP contribution in [-0.2, 0) is 0 Å². The van der Waals surface area contributed by atoms with Crippen molar-refractivity contribution in [2.75, 3.05) is 19.0 Å². The van der Waals surface area contributed by atoms with E-state index in [-0.39, 0.29) is 5.69 Å². The highest BCUT2D eigenvalue weighted by molar-refractivity contribution is 5.53. The summed E-state index contributed by atoms with van der Waals surface area (Å²) >= 11 is 0. The summed E-state index contributed by atoms with van der Waals surface area (Å²) in [7, 11) is 2.89. The largest absolute Gasteiger partial charge is 0.428 e. The van der Waals surface area contributed by atoms with E-state index < -0.39 is 42.2 Å². The van der Waals surface area contributed by atoms with Gasteiger partial charge in [-0.2, -0.15) is 13.2 Å². The molecule has 2 atom stereocenters. The zero-order valence-electron chi connectivity index (χ0n) is 11.6. The lowest BCUT2D eigenvalue weighted by Gasteiger charge is -2.30.